The lowest BCUT2D eigenvalue weighted by atomic mass is 10.1. The second-order valence-electron chi connectivity index (χ2n) is 6.27. The first-order valence-corrected chi connectivity index (χ1v) is 8.31. The minimum Gasteiger partial charge on any atom is -0.384 e. The van der Waals surface area contributed by atoms with E-state index >= 15 is 0 Å². The van der Waals surface area contributed by atoms with Crippen LogP contribution in [-0.2, 0) is 0 Å². The molecule has 0 radical (unpaired) electrons. The van der Waals surface area contributed by atoms with E-state index in [4.69, 9.17) is 0 Å². The highest BCUT2D eigenvalue weighted by molar-refractivity contribution is 5.92. The maximum absolute atomic E-state index is 12.4. The van der Waals surface area contributed by atoms with Gasteiger partial charge >= 0.3 is 0 Å². The number of aromatic nitrogens is 1. The Balaban J connectivity index is 1.86. The molecule has 1 N–H and O–H groups in total. The van der Waals surface area contributed by atoms with Crippen molar-refractivity contribution in [2.75, 3.05) is 44.6 Å². The number of pyridine rings is 1. The van der Waals surface area contributed by atoms with Crippen LogP contribution in [0.2, 0.25) is 0 Å². The Morgan fingerprint density at radius 3 is 2.55 bits per heavy atom. The zero-order valence-corrected chi connectivity index (χ0v) is 14.0. The van der Waals surface area contributed by atoms with Gasteiger partial charge in [0.05, 0.1) is 11.9 Å². The van der Waals surface area contributed by atoms with E-state index in [2.05, 4.69) is 36.0 Å². The highest BCUT2D eigenvalue weighted by Gasteiger charge is 2.21. The molecular formula is C17H28N4O. The summed E-state index contributed by atoms with van der Waals surface area (Å²) >= 11 is 0. The molecule has 0 saturated carbocycles. The van der Waals surface area contributed by atoms with Crippen LogP contribution in [0, 0.1) is 5.92 Å². The SMILES string of the molecule is CCN1CCN(C(=O)c2ccc(NCCC(C)C)cn2)CC1. The van der Waals surface area contributed by atoms with Crippen LogP contribution in [0.3, 0.4) is 0 Å². The summed E-state index contributed by atoms with van der Waals surface area (Å²) in [6, 6.07) is 3.77. The quantitative estimate of drug-likeness (QED) is 0.876. The number of piperazine rings is 1. The van der Waals surface area contributed by atoms with Crippen molar-refractivity contribution in [2.45, 2.75) is 27.2 Å². The molecule has 1 fully saturated rings. The Hall–Kier alpha value is -1.62. The third-order valence-corrected chi connectivity index (χ3v) is 4.14. The van der Waals surface area contributed by atoms with Gasteiger partial charge in [-0.1, -0.05) is 20.8 Å². The first-order valence-electron chi connectivity index (χ1n) is 8.31. The van der Waals surface area contributed by atoms with Crippen molar-refractivity contribution in [2.24, 2.45) is 5.92 Å². The number of carbonyl (C=O) groups excluding carboxylic acids is 1. The number of anilines is 1. The number of hydrogen-bond acceptors (Lipinski definition) is 4. The minimum atomic E-state index is 0.0458. The van der Waals surface area contributed by atoms with Gasteiger partial charge in [0.1, 0.15) is 5.69 Å². The first kappa shape index (κ1) is 16.7. The summed E-state index contributed by atoms with van der Waals surface area (Å²) in [5.74, 6) is 0.729. The molecule has 0 unspecified atom stereocenters. The lowest BCUT2D eigenvalue weighted by Crippen LogP contribution is -2.48. The highest BCUT2D eigenvalue weighted by atomic mass is 16.2. The van der Waals surface area contributed by atoms with E-state index < -0.39 is 0 Å². The smallest absolute Gasteiger partial charge is 0.272 e. The van der Waals surface area contributed by atoms with Gasteiger partial charge in [0.2, 0.25) is 0 Å². The van der Waals surface area contributed by atoms with Crippen LogP contribution in [0.4, 0.5) is 5.69 Å². The average Bonchev–Trinajstić information content (AvgIpc) is 2.54. The van der Waals surface area contributed by atoms with Crippen molar-refractivity contribution in [1.29, 1.82) is 0 Å². The Kier molecular flexibility index (Phi) is 6.19. The summed E-state index contributed by atoms with van der Waals surface area (Å²) in [7, 11) is 0. The summed E-state index contributed by atoms with van der Waals surface area (Å²) < 4.78 is 0. The molecule has 2 rings (SSSR count). The molecule has 0 atom stereocenters. The highest BCUT2D eigenvalue weighted by Crippen LogP contribution is 2.11. The fraction of sp³-hybridized carbons (Fsp3) is 0.647. The summed E-state index contributed by atoms with van der Waals surface area (Å²) in [4.78, 5) is 21.0. The lowest BCUT2D eigenvalue weighted by molar-refractivity contribution is 0.0637. The summed E-state index contributed by atoms with van der Waals surface area (Å²) in [6.45, 7) is 12.1. The molecule has 0 bridgehead atoms. The fourth-order valence-corrected chi connectivity index (χ4v) is 2.56. The summed E-state index contributed by atoms with van der Waals surface area (Å²) in [6.07, 6.45) is 2.89. The van der Waals surface area contributed by atoms with E-state index in [1.54, 1.807) is 6.20 Å². The zero-order valence-electron chi connectivity index (χ0n) is 14.0. The number of rotatable bonds is 6. The predicted molar refractivity (Wildman–Crippen MR) is 90.2 cm³/mol. The van der Waals surface area contributed by atoms with Gasteiger partial charge < -0.3 is 15.1 Å². The van der Waals surface area contributed by atoms with Gasteiger partial charge in [0.15, 0.2) is 0 Å². The molecule has 1 amide bonds. The van der Waals surface area contributed by atoms with Gasteiger partial charge in [0, 0.05) is 32.7 Å². The van der Waals surface area contributed by atoms with Crippen LogP contribution in [-0.4, -0.2) is 60.0 Å². The van der Waals surface area contributed by atoms with Crippen molar-refractivity contribution in [3.8, 4) is 0 Å². The average molecular weight is 304 g/mol. The van der Waals surface area contributed by atoms with Crippen LogP contribution >= 0.6 is 0 Å². The van der Waals surface area contributed by atoms with E-state index in [-0.39, 0.29) is 5.91 Å². The van der Waals surface area contributed by atoms with Crippen molar-refractivity contribution < 1.29 is 4.79 Å². The maximum atomic E-state index is 12.4. The standard InChI is InChI=1S/C17H28N4O/c1-4-20-9-11-21(12-10-20)17(22)16-6-5-15(13-19-16)18-8-7-14(2)3/h5-6,13-14,18H,4,7-12H2,1-3H3. The second kappa shape index (κ2) is 8.13. The molecule has 1 aromatic rings. The monoisotopic (exact) mass is 304 g/mol. The van der Waals surface area contributed by atoms with E-state index in [0.717, 1.165) is 51.4 Å². The molecule has 1 aromatic heterocycles. The van der Waals surface area contributed by atoms with Gasteiger partial charge in [-0.05, 0) is 31.0 Å². The maximum Gasteiger partial charge on any atom is 0.272 e. The molecule has 0 aromatic carbocycles. The Morgan fingerprint density at radius 1 is 1.27 bits per heavy atom. The molecule has 1 aliphatic heterocycles. The predicted octanol–water partition coefficient (Wildman–Crippen LogP) is 2.32. The summed E-state index contributed by atoms with van der Waals surface area (Å²) in [5, 5.41) is 3.34. The number of hydrogen-bond donors (Lipinski definition) is 1. The Labute approximate surface area is 133 Å². The Bertz CT molecular complexity index is 464. The fourth-order valence-electron chi connectivity index (χ4n) is 2.56. The minimum absolute atomic E-state index is 0.0458. The number of amides is 1. The van der Waals surface area contributed by atoms with Gasteiger partial charge in [-0.25, -0.2) is 4.98 Å². The molecular weight excluding hydrogens is 276 g/mol. The zero-order chi connectivity index (χ0) is 15.9. The number of nitrogens with one attached hydrogen (secondary N) is 1. The molecule has 5 heteroatoms. The van der Waals surface area contributed by atoms with Crippen molar-refractivity contribution in [1.82, 2.24) is 14.8 Å². The first-order chi connectivity index (χ1) is 10.6. The number of carbonyl (C=O) groups is 1. The van der Waals surface area contributed by atoms with Gasteiger partial charge in [-0.15, -0.1) is 0 Å². The lowest BCUT2D eigenvalue weighted by Gasteiger charge is -2.33. The van der Waals surface area contributed by atoms with E-state index in [1.807, 2.05) is 17.0 Å². The molecule has 1 saturated heterocycles. The molecule has 0 aliphatic carbocycles. The van der Waals surface area contributed by atoms with Gasteiger partial charge in [0.25, 0.3) is 5.91 Å². The van der Waals surface area contributed by atoms with Crippen LogP contribution in [0.15, 0.2) is 18.3 Å². The van der Waals surface area contributed by atoms with Crippen LogP contribution in [0.1, 0.15) is 37.7 Å². The summed E-state index contributed by atoms with van der Waals surface area (Å²) in [5.41, 5.74) is 1.52. The number of likely N-dealkylation sites (N-methyl/N-ethyl adjacent to an activating group) is 1. The van der Waals surface area contributed by atoms with Crippen LogP contribution < -0.4 is 5.32 Å². The van der Waals surface area contributed by atoms with E-state index in [0.29, 0.717) is 11.6 Å². The molecule has 22 heavy (non-hydrogen) atoms. The third-order valence-electron chi connectivity index (χ3n) is 4.14. The molecule has 0 spiro atoms. The van der Waals surface area contributed by atoms with Crippen molar-refractivity contribution in [3.63, 3.8) is 0 Å². The van der Waals surface area contributed by atoms with E-state index in [9.17, 15) is 4.79 Å². The van der Waals surface area contributed by atoms with Crippen molar-refractivity contribution >= 4 is 11.6 Å². The molecule has 5 nitrogen and oxygen atoms in total. The number of nitrogens with zero attached hydrogens (tertiary/aromatic N) is 3. The Morgan fingerprint density at radius 2 is 2.00 bits per heavy atom. The third kappa shape index (κ3) is 4.70. The molecule has 2 heterocycles. The molecule has 1 aliphatic rings. The van der Waals surface area contributed by atoms with E-state index in [1.165, 1.54) is 0 Å². The largest absolute Gasteiger partial charge is 0.384 e. The topological polar surface area (TPSA) is 48.5 Å². The molecule has 122 valence electrons. The van der Waals surface area contributed by atoms with Crippen molar-refractivity contribution in [3.05, 3.63) is 24.0 Å². The van der Waals surface area contributed by atoms with Gasteiger partial charge in [-0.2, -0.15) is 0 Å². The normalized spacial score (nSPS) is 16.1. The van der Waals surface area contributed by atoms with Crippen LogP contribution in [0.5, 0.6) is 0 Å². The second-order valence-corrected chi connectivity index (χ2v) is 6.27. The van der Waals surface area contributed by atoms with Crippen LogP contribution in [0.25, 0.3) is 0 Å². The van der Waals surface area contributed by atoms with Gasteiger partial charge in [-0.3, -0.25) is 4.79 Å².